The monoisotopic (exact) mass is 412 g/mol. The first-order chi connectivity index (χ1) is 14.0. The topological polar surface area (TPSA) is 105 Å². The van der Waals surface area contributed by atoms with E-state index >= 15 is 0 Å². The van der Waals surface area contributed by atoms with E-state index in [1.165, 1.54) is 11.3 Å². The van der Waals surface area contributed by atoms with Gasteiger partial charge in [-0.15, -0.1) is 11.3 Å². The molecule has 7 nitrogen and oxygen atoms in total. The summed E-state index contributed by atoms with van der Waals surface area (Å²) in [6, 6.07) is 12.0. The van der Waals surface area contributed by atoms with Crippen molar-refractivity contribution in [1.29, 1.82) is 5.26 Å². The first-order valence-electron chi connectivity index (χ1n) is 9.13. The van der Waals surface area contributed by atoms with Gasteiger partial charge >= 0.3 is 17.8 Å². The van der Waals surface area contributed by atoms with E-state index in [1.54, 1.807) is 6.92 Å². The molecule has 1 aromatic heterocycles. The Kier molecular flexibility index (Phi) is 5.99. The van der Waals surface area contributed by atoms with Gasteiger partial charge in [-0.2, -0.15) is 5.26 Å². The molecule has 0 saturated heterocycles. The Hall–Kier alpha value is -3.18. The maximum Gasteiger partial charge on any atom is 0.396 e. The maximum absolute atomic E-state index is 12.6. The van der Waals surface area contributed by atoms with Crippen LogP contribution in [0.15, 0.2) is 30.3 Å². The number of esters is 2. The van der Waals surface area contributed by atoms with E-state index in [1.807, 2.05) is 30.3 Å². The number of nitriles is 1. The van der Waals surface area contributed by atoms with Crippen LogP contribution in [0.25, 0.3) is 0 Å². The summed E-state index contributed by atoms with van der Waals surface area (Å²) in [6.07, 6.45) is 1.43. The van der Waals surface area contributed by atoms with Crippen LogP contribution in [-0.2, 0) is 37.3 Å². The van der Waals surface area contributed by atoms with Gasteiger partial charge in [0.1, 0.15) is 5.00 Å². The first kappa shape index (κ1) is 20.6. The second-order valence-electron chi connectivity index (χ2n) is 6.61. The molecule has 0 fully saturated rings. The van der Waals surface area contributed by atoms with Gasteiger partial charge in [0.25, 0.3) is 0 Å². The quantitative estimate of drug-likeness (QED) is 0.611. The zero-order chi connectivity index (χ0) is 21.0. The largest absolute Gasteiger partial charge is 0.462 e. The molecule has 2 aromatic rings. The van der Waals surface area contributed by atoms with Crippen LogP contribution < -0.4 is 5.32 Å². The molecule has 1 heterocycles. The van der Waals surface area contributed by atoms with E-state index in [0.29, 0.717) is 19.3 Å². The van der Waals surface area contributed by atoms with Crippen LogP contribution >= 0.6 is 11.3 Å². The predicted octanol–water partition coefficient (Wildman–Crippen LogP) is 2.99. The highest BCUT2D eigenvalue weighted by Crippen LogP contribution is 2.45. The maximum atomic E-state index is 12.6. The SMILES string of the molecule is CCOC(=O)c1c(NC(=O)C(=O)OC)sc2c1CCC(C#N)(c1ccccc1)C2. The van der Waals surface area contributed by atoms with Gasteiger partial charge in [0.05, 0.1) is 30.8 Å². The fraction of sp³-hybridized carbons (Fsp3) is 0.333. The number of hydrogen-bond acceptors (Lipinski definition) is 7. The fourth-order valence-electron chi connectivity index (χ4n) is 3.54. The van der Waals surface area contributed by atoms with Crippen LogP contribution in [0.3, 0.4) is 0 Å². The zero-order valence-corrected chi connectivity index (χ0v) is 16.9. The number of nitrogens with zero attached hydrogens (tertiary/aromatic N) is 1. The number of carbonyl (C=O) groups excluding carboxylic acids is 3. The zero-order valence-electron chi connectivity index (χ0n) is 16.1. The van der Waals surface area contributed by atoms with Gasteiger partial charge in [-0.05, 0) is 30.9 Å². The lowest BCUT2D eigenvalue weighted by Crippen LogP contribution is -2.31. The third kappa shape index (κ3) is 3.87. The summed E-state index contributed by atoms with van der Waals surface area (Å²) in [5.74, 6) is -2.58. The summed E-state index contributed by atoms with van der Waals surface area (Å²) in [6.45, 7) is 1.87. The minimum Gasteiger partial charge on any atom is -0.462 e. The van der Waals surface area contributed by atoms with E-state index in [2.05, 4.69) is 16.1 Å². The van der Waals surface area contributed by atoms with Gasteiger partial charge in [-0.1, -0.05) is 30.3 Å². The molecule has 0 saturated carbocycles. The second kappa shape index (κ2) is 8.45. The minimum atomic E-state index is -1.05. The van der Waals surface area contributed by atoms with Crippen LogP contribution in [0.1, 0.15) is 39.7 Å². The number of nitrogens with one attached hydrogen (secondary N) is 1. The van der Waals surface area contributed by atoms with Crippen molar-refractivity contribution in [1.82, 2.24) is 0 Å². The summed E-state index contributed by atoms with van der Waals surface area (Å²) in [4.78, 5) is 36.9. The van der Waals surface area contributed by atoms with Crippen molar-refractivity contribution in [3.63, 3.8) is 0 Å². The fourth-order valence-corrected chi connectivity index (χ4v) is 4.88. The van der Waals surface area contributed by atoms with Gasteiger partial charge in [-0.25, -0.2) is 9.59 Å². The molecular formula is C21H20N2O5S. The normalized spacial score (nSPS) is 17.6. The minimum absolute atomic E-state index is 0.181. The number of benzene rings is 1. The van der Waals surface area contributed by atoms with Crippen LogP contribution in [0.2, 0.25) is 0 Å². The van der Waals surface area contributed by atoms with Crippen LogP contribution in [-0.4, -0.2) is 31.6 Å². The molecule has 150 valence electrons. The molecule has 0 bridgehead atoms. The van der Waals surface area contributed by atoms with Gasteiger partial charge in [-0.3, -0.25) is 4.79 Å². The Bertz CT molecular complexity index is 992. The van der Waals surface area contributed by atoms with Crippen LogP contribution in [0, 0.1) is 11.3 Å². The molecule has 0 spiro atoms. The molecule has 8 heteroatoms. The van der Waals surface area contributed by atoms with E-state index in [0.717, 1.165) is 23.1 Å². The molecule has 1 amide bonds. The van der Waals surface area contributed by atoms with Gasteiger partial charge in [0, 0.05) is 11.3 Å². The molecule has 0 aliphatic heterocycles. The number of amides is 1. The Morgan fingerprint density at radius 3 is 2.62 bits per heavy atom. The van der Waals surface area contributed by atoms with Crippen LogP contribution in [0.4, 0.5) is 5.00 Å². The lowest BCUT2D eigenvalue weighted by Gasteiger charge is -2.31. The summed E-state index contributed by atoms with van der Waals surface area (Å²) in [5, 5.41) is 12.7. The standard InChI is InChI=1S/C21H20N2O5S/c1-3-28-19(25)16-14-9-10-21(12-22,13-7-5-4-6-8-13)11-15(14)29-18(16)23-17(24)20(26)27-2/h4-8H,3,9-11H2,1-2H3,(H,23,24). The van der Waals surface area contributed by atoms with Crippen molar-refractivity contribution in [3.05, 3.63) is 51.9 Å². The van der Waals surface area contributed by atoms with Crippen molar-refractivity contribution >= 4 is 34.2 Å². The van der Waals surface area contributed by atoms with Crippen molar-refractivity contribution in [2.75, 3.05) is 19.0 Å². The predicted molar refractivity (Wildman–Crippen MR) is 107 cm³/mol. The Balaban J connectivity index is 2.03. The Morgan fingerprint density at radius 2 is 2.00 bits per heavy atom. The molecule has 1 atom stereocenters. The molecule has 1 N–H and O–H groups in total. The van der Waals surface area contributed by atoms with Crippen molar-refractivity contribution in [2.24, 2.45) is 0 Å². The third-order valence-electron chi connectivity index (χ3n) is 4.97. The highest BCUT2D eigenvalue weighted by molar-refractivity contribution is 7.17. The molecule has 1 aliphatic rings. The number of hydrogen-bond donors (Lipinski definition) is 1. The lowest BCUT2D eigenvalue weighted by atomic mass is 9.70. The Labute approximate surface area is 172 Å². The number of fused-ring (bicyclic) bond motifs is 1. The molecular weight excluding hydrogens is 392 g/mol. The average molecular weight is 412 g/mol. The Morgan fingerprint density at radius 1 is 1.28 bits per heavy atom. The number of rotatable bonds is 4. The molecule has 1 aromatic carbocycles. The van der Waals surface area contributed by atoms with E-state index in [4.69, 9.17) is 4.74 Å². The highest BCUT2D eigenvalue weighted by Gasteiger charge is 2.40. The van der Waals surface area contributed by atoms with Crippen molar-refractivity contribution < 1.29 is 23.9 Å². The smallest absolute Gasteiger partial charge is 0.396 e. The number of thiophene rings is 1. The summed E-state index contributed by atoms with van der Waals surface area (Å²) >= 11 is 1.19. The number of anilines is 1. The molecule has 1 unspecified atom stereocenters. The number of ether oxygens (including phenoxy) is 2. The van der Waals surface area contributed by atoms with E-state index < -0.39 is 23.3 Å². The molecule has 1 aliphatic carbocycles. The first-order valence-corrected chi connectivity index (χ1v) is 9.95. The van der Waals surface area contributed by atoms with Gasteiger partial charge in [0.15, 0.2) is 0 Å². The van der Waals surface area contributed by atoms with Crippen LogP contribution in [0.5, 0.6) is 0 Å². The molecule has 0 radical (unpaired) electrons. The lowest BCUT2D eigenvalue weighted by molar-refractivity contribution is -0.150. The van der Waals surface area contributed by atoms with Crippen molar-refractivity contribution in [3.8, 4) is 6.07 Å². The molecule has 29 heavy (non-hydrogen) atoms. The number of carbonyl (C=O) groups is 3. The summed E-state index contributed by atoms with van der Waals surface area (Å²) in [7, 11) is 1.11. The summed E-state index contributed by atoms with van der Waals surface area (Å²) in [5.41, 5.74) is 1.22. The number of methoxy groups -OCH3 is 1. The van der Waals surface area contributed by atoms with Gasteiger partial charge in [0.2, 0.25) is 0 Å². The van der Waals surface area contributed by atoms with E-state index in [-0.39, 0.29) is 17.2 Å². The average Bonchev–Trinajstić information content (AvgIpc) is 3.10. The van der Waals surface area contributed by atoms with E-state index in [9.17, 15) is 19.6 Å². The third-order valence-corrected chi connectivity index (χ3v) is 6.12. The van der Waals surface area contributed by atoms with Crippen molar-refractivity contribution in [2.45, 2.75) is 31.6 Å². The molecule has 3 rings (SSSR count). The second-order valence-corrected chi connectivity index (χ2v) is 7.72. The highest BCUT2D eigenvalue weighted by atomic mass is 32.1. The van der Waals surface area contributed by atoms with Gasteiger partial charge < -0.3 is 14.8 Å². The summed E-state index contributed by atoms with van der Waals surface area (Å²) < 4.78 is 9.60.